The highest BCUT2D eigenvalue weighted by Crippen LogP contribution is 2.21. The summed E-state index contributed by atoms with van der Waals surface area (Å²) in [5.74, 6) is 0. The maximum absolute atomic E-state index is 6.06. The summed E-state index contributed by atoms with van der Waals surface area (Å²) in [6.45, 7) is 3.65. The third-order valence-electron chi connectivity index (χ3n) is 2.13. The fraction of sp³-hybridized carbons (Fsp3) is 0.455. The van der Waals surface area contributed by atoms with Gasteiger partial charge in [0.05, 0.1) is 6.61 Å². The van der Waals surface area contributed by atoms with Crippen LogP contribution in [0.5, 0.6) is 0 Å². The van der Waals surface area contributed by atoms with Gasteiger partial charge >= 0.3 is 0 Å². The van der Waals surface area contributed by atoms with E-state index in [9.17, 15) is 0 Å². The molecule has 0 spiro atoms. The van der Waals surface area contributed by atoms with Gasteiger partial charge in [0.2, 0.25) is 0 Å². The van der Waals surface area contributed by atoms with Crippen molar-refractivity contribution >= 4 is 11.6 Å². The summed E-state index contributed by atoms with van der Waals surface area (Å²) in [6, 6.07) is 8.14. The van der Waals surface area contributed by atoms with Gasteiger partial charge in [0.1, 0.15) is 0 Å². The Labute approximate surface area is 90.2 Å². The molecule has 0 aliphatic heterocycles. The molecule has 0 aliphatic rings. The maximum Gasteiger partial charge on any atom is 0.0587 e. The fourth-order valence-electron chi connectivity index (χ4n) is 1.31. The van der Waals surface area contributed by atoms with Crippen LogP contribution in [0.2, 0.25) is 5.02 Å². The van der Waals surface area contributed by atoms with E-state index < -0.39 is 0 Å². The summed E-state index contributed by atoms with van der Waals surface area (Å²) < 4.78 is 4.96. The van der Waals surface area contributed by atoms with Crippen molar-refractivity contribution in [2.75, 3.05) is 20.3 Å². The van der Waals surface area contributed by atoms with Crippen LogP contribution in [0.4, 0.5) is 0 Å². The lowest BCUT2D eigenvalue weighted by Crippen LogP contribution is -2.22. The maximum atomic E-state index is 6.06. The highest BCUT2D eigenvalue weighted by atomic mass is 35.5. The Morgan fingerprint density at radius 2 is 2.14 bits per heavy atom. The van der Waals surface area contributed by atoms with E-state index in [0.717, 1.165) is 23.7 Å². The molecule has 0 aliphatic carbocycles. The first kappa shape index (κ1) is 11.5. The standard InChI is InChI=1S/C11H16ClNO/c1-9(13-7-8-14-2)10-5-3-4-6-11(10)12/h3-6,9,13H,7-8H2,1-2H3. The normalized spacial score (nSPS) is 12.8. The monoisotopic (exact) mass is 213 g/mol. The highest BCUT2D eigenvalue weighted by molar-refractivity contribution is 6.31. The van der Waals surface area contributed by atoms with Crippen molar-refractivity contribution in [2.45, 2.75) is 13.0 Å². The van der Waals surface area contributed by atoms with E-state index in [1.165, 1.54) is 0 Å². The molecule has 0 bridgehead atoms. The molecular formula is C11H16ClNO. The number of methoxy groups -OCH3 is 1. The molecular weight excluding hydrogens is 198 g/mol. The number of halogens is 1. The zero-order valence-corrected chi connectivity index (χ0v) is 9.34. The topological polar surface area (TPSA) is 21.3 Å². The molecule has 0 saturated carbocycles. The lowest BCUT2D eigenvalue weighted by atomic mass is 10.1. The molecule has 0 aromatic heterocycles. The van der Waals surface area contributed by atoms with Crippen LogP contribution < -0.4 is 5.32 Å². The molecule has 1 aromatic rings. The average molecular weight is 214 g/mol. The molecule has 0 heterocycles. The van der Waals surface area contributed by atoms with E-state index in [0.29, 0.717) is 0 Å². The molecule has 0 saturated heterocycles. The first-order valence-electron chi connectivity index (χ1n) is 4.72. The van der Waals surface area contributed by atoms with Gasteiger partial charge in [-0.1, -0.05) is 29.8 Å². The third kappa shape index (κ3) is 3.29. The smallest absolute Gasteiger partial charge is 0.0587 e. The van der Waals surface area contributed by atoms with Crippen molar-refractivity contribution in [3.63, 3.8) is 0 Å². The zero-order chi connectivity index (χ0) is 10.4. The zero-order valence-electron chi connectivity index (χ0n) is 8.59. The van der Waals surface area contributed by atoms with Crippen LogP contribution in [-0.4, -0.2) is 20.3 Å². The molecule has 2 nitrogen and oxygen atoms in total. The summed E-state index contributed by atoms with van der Waals surface area (Å²) in [4.78, 5) is 0. The summed E-state index contributed by atoms with van der Waals surface area (Å²) >= 11 is 6.06. The minimum atomic E-state index is 0.263. The first-order valence-corrected chi connectivity index (χ1v) is 5.10. The minimum absolute atomic E-state index is 0.263. The Morgan fingerprint density at radius 3 is 2.79 bits per heavy atom. The molecule has 1 unspecified atom stereocenters. The quantitative estimate of drug-likeness (QED) is 0.760. The summed E-state index contributed by atoms with van der Waals surface area (Å²) in [5, 5.41) is 4.14. The molecule has 78 valence electrons. The Balaban J connectivity index is 2.51. The highest BCUT2D eigenvalue weighted by Gasteiger charge is 2.07. The number of nitrogens with one attached hydrogen (secondary N) is 1. The predicted molar refractivity (Wildman–Crippen MR) is 59.7 cm³/mol. The lowest BCUT2D eigenvalue weighted by molar-refractivity contribution is 0.196. The van der Waals surface area contributed by atoms with E-state index >= 15 is 0 Å². The average Bonchev–Trinajstić information content (AvgIpc) is 2.18. The molecule has 1 aromatic carbocycles. The van der Waals surface area contributed by atoms with Crippen LogP contribution in [0.15, 0.2) is 24.3 Å². The second kappa shape index (κ2) is 6.02. The van der Waals surface area contributed by atoms with Crippen LogP contribution in [0.1, 0.15) is 18.5 Å². The minimum Gasteiger partial charge on any atom is -0.383 e. The van der Waals surface area contributed by atoms with Crippen molar-refractivity contribution in [3.05, 3.63) is 34.9 Å². The molecule has 0 radical (unpaired) electrons. The SMILES string of the molecule is COCCNC(C)c1ccccc1Cl. The van der Waals surface area contributed by atoms with Gasteiger partial charge in [-0.05, 0) is 18.6 Å². The molecule has 1 atom stereocenters. The van der Waals surface area contributed by atoms with E-state index in [4.69, 9.17) is 16.3 Å². The Morgan fingerprint density at radius 1 is 1.43 bits per heavy atom. The van der Waals surface area contributed by atoms with Crippen LogP contribution in [0.3, 0.4) is 0 Å². The molecule has 1 N–H and O–H groups in total. The van der Waals surface area contributed by atoms with Crippen molar-refractivity contribution in [1.29, 1.82) is 0 Å². The van der Waals surface area contributed by atoms with Crippen LogP contribution in [-0.2, 0) is 4.74 Å². The summed E-state index contributed by atoms with van der Waals surface area (Å²) in [5.41, 5.74) is 1.13. The summed E-state index contributed by atoms with van der Waals surface area (Å²) in [6.07, 6.45) is 0. The van der Waals surface area contributed by atoms with E-state index in [1.807, 2.05) is 24.3 Å². The second-order valence-electron chi connectivity index (χ2n) is 3.19. The van der Waals surface area contributed by atoms with E-state index in [1.54, 1.807) is 7.11 Å². The van der Waals surface area contributed by atoms with E-state index in [-0.39, 0.29) is 6.04 Å². The Bertz CT molecular complexity index is 278. The second-order valence-corrected chi connectivity index (χ2v) is 3.60. The van der Waals surface area contributed by atoms with Gasteiger partial charge < -0.3 is 10.1 Å². The van der Waals surface area contributed by atoms with Gasteiger partial charge in [-0.25, -0.2) is 0 Å². The van der Waals surface area contributed by atoms with Gasteiger partial charge in [-0.2, -0.15) is 0 Å². The fourth-order valence-corrected chi connectivity index (χ4v) is 1.61. The van der Waals surface area contributed by atoms with Gasteiger partial charge in [0, 0.05) is 24.7 Å². The van der Waals surface area contributed by atoms with Crippen LogP contribution >= 0.6 is 11.6 Å². The number of benzene rings is 1. The number of hydrogen-bond acceptors (Lipinski definition) is 2. The predicted octanol–water partition coefficient (Wildman–Crippen LogP) is 2.64. The van der Waals surface area contributed by atoms with Crippen molar-refractivity contribution in [2.24, 2.45) is 0 Å². The van der Waals surface area contributed by atoms with Crippen molar-refractivity contribution < 1.29 is 4.74 Å². The van der Waals surface area contributed by atoms with Gasteiger partial charge in [-0.3, -0.25) is 0 Å². The first-order chi connectivity index (χ1) is 6.75. The molecule has 0 amide bonds. The Hall–Kier alpha value is -0.570. The van der Waals surface area contributed by atoms with Crippen molar-refractivity contribution in [3.8, 4) is 0 Å². The largest absolute Gasteiger partial charge is 0.383 e. The molecule has 3 heteroatoms. The van der Waals surface area contributed by atoms with E-state index in [2.05, 4.69) is 12.2 Å². The molecule has 14 heavy (non-hydrogen) atoms. The molecule has 0 fully saturated rings. The molecule has 1 rings (SSSR count). The lowest BCUT2D eigenvalue weighted by Gasteiger charge is -2.15. The van der Waals surface area contributed by atoms with Crippen molar-refractivity contribution in [1.82, 2.24) is 5.32 Å². The third-order valence-corrected chi connectivity index (χ3v) is 2.47. The number of rotatable bonds is 5. The summed E-state index contributed by atoms with van der Waals surface area (Å²) in [7, 11) is 1.70. The van der Waals surface area contributed by atoms with Crippen LogP contribution in [0.25, 0.3) is 0 Å². The van der Waals surface area contributed by atoms with Crippen LogP contribution in [0, 0.1) is 0 Å². The Kier molecular flexibility index (Phi) is 4.94. The van der Waals surface area contributed by atoms with Gasteiger partial charge in [0.25, 0.3) is 0 Å². The number of ether oxygens (including phenoxy) is 1. The van der Waals surface area contributed by atoms with Gasteiger partial charge in [0.15, 0.2) is 0 Å². The van der Waals surface area contributed by atoms with Gasteiger partial charge in [-0.15, -0.1) is 0 Å². The number of hydrogen-bond donors (Lipinski definition) is 1.